The van der Waals surface area contributed by atoms with Crippen LogP contribution in [0.25, 0.3) is 11.3 Å². The van der Waals surface area contributed by atoms with E-state index in [-0.39, 0.29) is 6.03 Å². The molecule has 0 saturated heterocycles. The fourth-order valence-electron chi connectivity index (χ4n) is 1.84. The fraction of sp³-hybridized carbons (Fsp3) is 0.143. The Morgan fingerprint density at radius 3 is 3.00 bits per heavy atom. The molecule has 3 aromatic heterocycles. The number of carbonyl (C=O) groups excluding carboxylic acids is 1. The average Bonchev–Trinajstić information content (AvgIpc) is 3.21. The summed E-state index contributed by atoms with van der Waals surface area (Å²) in [5, 5.41) is 16.9. The first-order valence-corrected chi connectivity index (χ1v) is 8.28. The van der Waals surface area contributed by atoms with Gasteiger partial charge in [-0.1, -0.05) is 0 Å². The summed E-state index contributed by atoms with van der Waals surface area (Å²) in [6, 6.07) is 7.60. The predicted octanol–water partition coefficient (Wildman–Crippen LogP) is 3.49. The van der Waals surface area contributed by atoms with Crippen LogP contribution in [0.4, 0.5) is 9.80 Å². The standard InChI is InChI=1S/C14H14N4OS2/c19-14(16-13-2-1-8-21-13)15-5-7-18-6-3-12(17-18)11-4-9-20-10-11/h1-4,6,8-10H,5,7H2,(H2,15,16,19). The lowest BCUT2D eigenvalue weighted by molar-refractivity contribution is 0.251. The Bertz CT molecular complexity index is 688. The Morgan fingerprint density at radius 2 is 2.24 bits per heavy atom. The summed E-state index contributed by atoms with van der Waals surface area (Å²) < 4.78 is 1.83. The quantitative estimate of drug-likeness (QED) is 0.756. The molecule has 2 amide bonds. The Hall–Kier alpha value is -2.12. The van der Waals surface area contributed by atoms with Gasteiger partial charge < -0.3 is 5.32 Å². The molecule has 0 aliphatic carbocycles. The van der Waals surface area contributed by atoms with Crippen LogP contribution in [0.2, 0.25) is 0 Å². The van der Waals surface area contributed by atoms with E-state index in [1.165, 1.54) is 11.3 Å². The van der Waals surface area contributed by atoms with Crippen LogP contribution in [0, 0.1) is 0 Å². The summed E-state index contributed by atoms with van der Waals surface area (Å²) >= 11 is 3.15. The third-order valence-electron chi connectivity index (χ3n) is 2.84. The number of aromatic nitrogens is 2. The number of carbonyl (C=O) groups is 1. The van der Waals surface area contributed by atoms with Crippen molar-refractivity contribution in [2.75, 3.05) is 11.9 Å². The largest absolute Gasteiger partial charge is 0.336 e. The lowest BCUT2D eigenvalue weighted by Gasteiger charge is -2.06. The SMILES string of the molecule is O=C(NCCn1ccc(-c2ccsc2)n1)Nc1cccs1. The molecular weight excluding hydrogens is 304 g/mol. The molecule has 21 heavy (non-hydrogen) atoms. The zero-order chi connectivity index (χ0) is 14.5. The van der Waals surface area contributed by atoms with E-state index < -0.39 is 0 Å². The molecule has 3 heterocycles. The van der Waals surface area contributed by atoms with Crippen molar-refractivity contribution < 1.29 is 4.79 Å². The maximum atomic E-state index is 11.6. The summed E-state index contributed by atoms with van der Waals surface area (Å²) in [5.41, 5.74) is 2.08. The Morgan fingerprint density at radius 1 is 1.29 bits per heavy atom. The van der Waals surface area contributed by atoms with E-state index >= 15 is 0 Å². The van der Waals surface area contributed by atoms with Crippen molar-refractivity contribution in [3.63, 3.8) is 0 Å². The molecule has 7 heteroatoms. The van der Waals surface area contributed by atoms with Crippen LogP contribution < -0.4 is 10.6 Å². The van der Waals surface area contributed by atoms with Gasteiger partial charge in [0.1, 0.15) is 0 Å². The monoisotopic (exact) mass is 318 g/mol. The highest BCUT2D eigenvalue weighted by atomic mass is 32.1. The number of hydrogen-bond acceptors (Lipinski definition) is 4. The van der Waals surface area contributed by atoms with Crippen LogP contribution in [-0.2, 0) is 6.54 Å². The highest BCUT2D eigenvalue weighted by molar-refractivity contribution is 7.14. The van der Waals surface area contributed by atoms with Gasteiger partial charge >= 0.3 is 6.03 Å². The van der Waals surface area contributed by atoms with Crippen molar-refractivity contribution in [1.82, 2.24) is 15.1 Å². The molecule has 0 bridgehead atoms. The maximum absolute atomic E-state index is 11.6. The van der Waals surface area contributed by atoms with E-state index in [1.54, 1.807) is 11.3 Å². The van der Waals surface area contributed by atoms with Crippen molar-refractivity contribution in [2.45, 2.75) is 6.54 Å². The van der Waals surface area contributed by atoms with E-state index in [1.807, 2.05) is 45.9 Å². The van der Waals surface area contributed by atoms with Crippen LogP contribution in [-0.4, -0.2) is 22.4 Å². The number of hydrogen-bond donors (Lipinski definition) is 2. The molecular formula is C14H14N4OS2. The minimum atomic E-state index is -0.192. The van der Waals surface area contributed by atoms with Crippen LogP contribution in [0.15, 0.2) is 46.6 Å². The normalized spacial score (nSPS) is 10.5. The second-order valence-corrected chi connectivity index (χ2v) is 6.06. The molecule has 3 aromatic rings. The molecule has 0 saturated carbocycles. The molecule has 108 valence electrons. The Balaban J connectivity index is 1.46. The fourth-order valence-corrected chi connectivity index (χ4v) is 3.10. The van der Waals surface area contributed by atoms with Crippen molar-refractivity contribution >= 4 is 33.7 Å². The zero-order valence-corrected chi connectivity index (χ0v) is 12.8. The number of thiophene rings is 2. The minimum Gasteiger partial charge on any atom is -0.336 e. The highest BCUT2D eigenvalue weighted by Gasteiger charge is 2.04. The number of anilines is 1. The van der Waals surface area contributed by atoms with E-state index in [9.17, 15) is 4.79 Å². The number of amides is 2. The predicted molar refractivity (Wildman–Crippen MR) is 86.9 cm³/mol. The van der Waals surface area contributed by atoms with Crippen LogP contribution >= 0.6 is 22.7 Å². The molecule has 0 radical (unpaired) electrons. The van der Waals surface area contributed by atoms with E-state index in [0.717, 1.165) is 16.3 Å². The van der Waals surface area contributed by atoms with E-state index in [2.05, 4.69) is 21.1 Å². The molecule has 0 unspecified atom stereocenters. The number of nitrogens with zero attached hydrogens (tertiary/aromatic N) is 2. The van der Waals surface area contributed by atoms with Gasteiger partial charge in [0.15, 0.2) is 0 Å². The van der Waals surface area contributed by atoms with Gasteiger partial charge in [-0.05, 0) is 35.0 Å². The third kappa shape index (κ3) is 3.71. The van der Waals surface area contributed by atoms with Gasteiger partial charge in [0.05, 0.1) is 17.2 Å². The summed E-state index contributed by atoms with van der Waals surface area (Å²) in [6.45, 7) is 1.17. The minimum absolute atomic E-state index is 0.192. The van der Waals surface area contributed by atoms with Crippen molar-refractivity contribution in [3.05, 3.63) is 46.6 Å². The molecule has 0 spiro atoms. The van der Waals surface area contributed by atoms with Crippen molar-refractivity contribution in [2.24, 2.45) is 0 Å². The van der Waals surface area contributed by atoms with E-state index in [4.69, 9.17) is 0 Å². The summed E-state index contributed by atoms with van der Waals surface area (Å²) in [7, 11) is 0. The molecule has 3 rings (SSSR count). The summed E-state index contributed by atoms with van der Waals surface area (Å²) in [4.78, 5) is 11.6. The molecule has 2 N–H and O–H groups in total. The summed E-state index contributed by atoms with van der Waals surface area (Å²) in [6.07, 6.45) is 1.92. The second-order valence-electron chi connectivity index (χ2n) is 4.33. The molecule has 5 nitrogen and oxygen atoms in total. The van der Waals surface area contributed by atoms with Crippen LogP contribution in [0.1, 0.15) is 0 Å². The van der Waals surface area contributed by atoms with Gasteiger partial charge in [0, 0.05) is 23.7 Å². The highest BCUT2D eigenvalue weighted by Crippen LogP contribution is 2.19. The molecule has 0 atom stereocenters. The van der Waals surface area contributed by atoms with Gasteiger partial charge in [0.2, 0.25) is 0 Å². The second kappa shape index (κ2) is 6.55. The maximum Gasteiger partial charge on any atom is 0.319 e. The van der Waals surface area contributed by atoms with Gasteiger partial charge in [0.25, 0.3) is 0 Å². The van der Waals surface area contributed by atoms with Gasteiger partial charge in [-0.25, -0.2) is 4.79 Å². The Kier molecular flexibility index (Phi) is 4.32. The molecule has 0 aliphatic heterocycles. The number of rotatable bonds is 5. The molecule has 0 fully saturated rings. The number of urea groups is 1. The average molecular weight is 318 g/mol. The van der Waals surface area contributed by atoms with Crippen LogP contribution in [0.3, 0.4) is 0 Å². The van der Waals surface area contributed by atoms with Gasteiger partial charge in [-0.2, -0.15) is 16.4 Å². The van der Waals surface area contributed by atoms with E-state index in [0.29, 0.717) is 13.1 Å². The van der Waals surface area contributed by atoms with Crippen molar-refractivity contribution in [1.29, 1.82) is 0 Å². The van der Waals surface area contributed by atoms with Crippen LogP contribution in [0.5, 0.6) is 0 Å². The number of nitrogens with one attached hydrogen (secondary N) is 2. The first kappa shape index (κ1) is 13.8. The lowest BCUT2D eigenvalue weighted by atomic mass is 10.2. The zero-order valence-electron chi connectivity index (χ0n) is 11.2. The topological polar surface area (TPSA) is 59.0 Å². The third-order valence-corrected chi connectivity index (χ3v) is 4.31. The molecule has 0 aromatic carbocycles. The van der Waals surface area contributed by atoms with Gasteiger partial charge in [-0.15, -0.1) is 11.3 Å². The Labute approximate surface area is 130 Å². The lowest BCUT2D eigenvalue weighted by Crippen LogP contribution is -2.31. The first-order chi connectivity index (χ1) is 10.3. The smallest absolute Gasteiger partial charge is 0.319 e. The first-order valence-electron chi connectivity index (χ1n) is 6.45. The van der Waals surface area contributed by atoms with Crippen molar-refractivity contribution in [3.8, 4) is 11.3 Å². The summed E-state index contributed by atoms with van der Waals surface area (Å²) in [5.74, 6) is 0. The van der Waals surface area contributed by atoms with Gasteiger partial charge in [-0.3, -0.25) is 10.00 Å². The molecule has 0 aliphatic rings.